The average molecular weight is 407 g/mol. The number of nitrogens with zero attached hydrogens (tertiary/aromatic N) is 1. The van der Waals surface area contributed by atoms with Gasteiger partial charge in [-0.3, -0.25) is 4.79 Å². The lowest BCUT2D eigenvalue weighted by Crippen LogP contribution is -2.39. The summed E-state index contributed by atoms with van der Waals surface area (Å²) >= 11 is 1.68. The van der Waals surface area contributed by atoms with Crippen LogP contribution in [0.3, 0.4) is 0 Å². The van der Waals surface area contributed by atoms with Gasteiger partial charge in [-0.2, -0.15) is 11.3 Å². The summed E-state index contributed by atoms with van der Waals surface area (Å²) < 4.78 is 10.8. The molecule has 144 valence electrons. The number of piperidine rings is 1. The SMILES string of the molecule is Cl.O=C(c1ccc2c(c1)OCO2)N(Cc1ccsc1)C1CC12CCNCC2. The summed E-state index contributed by atoms with van der Waals surface area (Å²) in [6.07, 6.45) is 3.44. The fourth-order valence-electron chi connectivity index (χ4n) is 4.33. The second kappa shape index (κ2) is 7.34. The quantitative estimate of drug-likeness (QED) is 0.841. The third kappa shape index (κ3) is 3.42. The molecule has 5 rings (SSSR count). The Kier molecular flexibility index (Phi) is 5.05. The van der Waals surface area contributed by atoms with Gasteiger partial charge < -0.3 is 19.7 Å². The Labute approximate surface area is 169 Å². The summed E-state index contributed by atoms with van der Waals surface area (Å²) in [5.41, 5.74) is 2.20. The Hall–Kier alpha value is -1.76. The summed E-state index contributed by atoms with van der Waals surface area (Å²) in [6, 6.07) is 7.96. The van der Waals surface area contributed by atoms with Gasteiger partial charge in [0, 0.05) is 18.2 Å². The van der Waals surface area contributed by atoms with Crippen LogP contribution < -0.4 is 14.8 Å². The average Bonchev–Trinajstić information content (AvgIpc) is 3.08. The molecule has 1 N–H and O–H groups in total. The van der Waals surface area contributed by atoms with E-state index in [4.69, 9.17) is 9.47 Å². The van der Waals surface area contributed by atoms with Crippen molar-refractivity contribution < 1.29 is 14.3 Å². The van der Waals surface area contributed by atoms with Crippen LogP contribution in [0, 0.1) is 5.41 Å². The van der Waals surface area contributed by atoms with Crippen LogP contribution in [0.25, 0.3) is 0 Å². The molecule has 3 aliphatic rings. The number of nitrogens with one attached hydrogen (secondary N) is 1. The predicted molar refractivity (Wildman–Crippen MR) is 107 cm³/mol. The first-order valence-corrected chi connectivity index (χ1v) is 10.1. The van der Waals surface area contributed by atoms with Crippen molar-refractivity contribution in [2.24, 2.45) is 5.41 Å². The number of carbonyl (C=O) groups excluding carboxylic acids is 1. The van der Waals surface area contributed by atoms with Crippen LogP contribution in [-0.2, 0) is 6.54 Å². The maximum Gasteiger partial charge on any atom is 0.254 e. The molecule has 2 fully saturated rings. The number of hydrogen-bond acceptors (Lipinski definition) is 5. The predicted octanol–water partition coefficient (Wildman–Crippen LogP) is 3.68. The molecule has 1 saturated heterocycles. The summed E-state index contributed by atoms with van der Waals surface area (Å²) in [6.45, 7) is 3.02. The van der Waals surface area contributed by atoms with Gasteiger partial charge in [0.05, 0.1) is 0 Å². The van der Waals surface area contributed by atoms with Crippen molar-refractivity contribution in [1.82, 2.24) is 10.2 Å². The number of amides is 1. The molecular weight excluding hydrogens is 384 g/mol. The number of ether oxygens (including phenoxy) is 2. The first-order valence-electron chi connectivity index (χ1n) is 9.18. The highest BCUT2D eigenvalue weighted by Crippen LogP contribution is 2.56. The molecule has 5 nitrogen and oxygen atoms in total. The summed E-state index contributed by atoms with van der Waals surface area (Å²) in [5, 5.41) is 7.65. The van der Waals surface area contributed by atoms with Crippen molar-refractivity contribution in [3.8, 4) is 11.5 Å². The van der Waals surface area contributed by atoms with Crippen LogP contribution in [0.4, 0.5) is 0 Å². The standard InChI is InChI=1S/C20H22N2O3S.ClH/c23-19(15-1-2-16-17(9-15)25-13-24-16)22(11-14-3-8-26-12-14)18-10-20(18)4-6-21-7-5-20;/h1-3,8-9,12,18,21H,4-7,10-11,13H2;1H. The van der Waals surface area contributed by atoms with E-state index < -0.39 is 0 Å². The molecule has 3 heterocycles. The Bertz CT molecular complexity index is 821. The normalized spacial score (nSPS) is 21.6. The first kappa shape index (κ1) is 18.6. The van der Waals surface area contributed by atoms with E-state index >= 15 is 0 Å². The molecule has 1 amide bonds. The van der Waals surface area contributed by atoms with E-state index in [9.17, 15) is 4.79 Å². The number of benzene rings is 1. The maximum atomic E-state index is 13.4. The summed E-state index contributed by atoms with van der Waals surface area (Å²) in [7, 11) is 0. The van der Waals surface area contributed by atoms with Gasteiger partial charge in [0.1, 0.15) is 0 Å². The third-order valence-corrected chi connectivity index (χ3v) is 6.67. The molecule has 1 aromatic heterocycles. The molecular formula is C20H23ClN2O3S. The molecule has 7 heteroatoms. The number of halogens is 1. The van der Waals surface area contributed by atoms with Crippen molar-refractivity contribution in [1.29, 1.82) is 0 Å². The van der Waals surface area contributed by atoms with Gasteiger partial charge in [-0.05, 0) is 78.4 Å². The van der Waals surface area contributed by atoms with Gasteiger partial charge in [-0.1, -0.05) is 0 Å². The van der Waals surface area contributed by atoms with Crippen LogP contribution in [0.5, 0.6) is 11.5 Å². The number of rotatable bonds is 4. The summed E-state index contributed by atoms with van der Waals surface area (Å²) in [4.78, 5) is 15.5. The minimum Gasteiger partial charge on any atom is -0.454 e. The van der Waals surface area contributed by atoms with Crippen LogP contribution in [0.1, 0.15) is 35.2 Å². The smallest absolute Gasteiger partial charge is 0.254 e. The van der Waals surface area contributed by atoms with E-state index in [0.29, 0.717) is 35.1 Å². The minimum absolute atomic E-state index is 0. The lowest BCUT2D eigenvalue weighted by molar-refractivity contribution is 0.0692. The largest absolute Gasteiger partial charge is 0.454 e. The van der Waals surface area contributed by atoms with Gasteiger partial charge >= 0.3 is 0 Å². The van der Waals surface area contributed by atoms with Gasteiger partial charge in [0.15, 0.2) is 11.5 Å². The van der Waals surface area contributed by atoms with Gasteiger partial charge in [-0.25, -0.2) is 0 Å². The fraction of sp³-hybridized carbons (Fsp3) is 0.450. The lowest BCUT2D eigenvalue weighted by Gasteiger charge is -2.29. The molecule has 1 unspecified atom stereocenters. The number of carbonyl (C=O) groups is 1. The molecule has 1 atom stereocenters. The first-order chi connectivity index (χ1) is 12.8. The topological polar surface area (TPSA) is 50.8 Å². The number of fused-ring (bicyclic) bond motifs is 1. The zero-order valence-electron chi connectivity index (χ0n) is 15.0. The van der Waals surface area contributed by atoms with E-state index in [1.807, 2.05) is 18.2 Å². The highest BCUT2D eigenvalue weighted by Gasteiger charge is 2.57. The summed E-state index contributed by atoms with van der Waals surface area (Å²) in [5.74, 6) is 1.47. The number of hydrogen-bond donors (Lipinski definition) is 1. The molecule has 1 aliphatic carbocycles. The van der Waals surface area contributed by atoms with Crippen molar-refractivity contribution in [3.05, 3.63) is 46.2 Å². The van der Waals surface area contributed by atoms with Crippen LogP contribution in [-0.4, -0.2) is 36.7 Å². The van der Waals surface area contributed by atoms with Crippen molar-refractivity contribution in [2.75, 3.05) is 19.9 Å². The van der Waals surface area contributed by atoms with Gasteiger partial charge in [0.2, 0.25) is 6.79 Å². The zero-order valence-corrected chi connectivity index (χ0v) is 16.6. The van der Waals surface area contributed by atoms with Crippen molar-refractivity contribution >= 4 is 29.7 Å². The van der Waals surface area contributed by atoms with Crippen LogP contribution in [0.2, 0.25) is 0 Å². The minimum atomic E-state index is 0. The lowest BCUT2D eigenvalue weighted by atomic mass is 9.93. The van der Waals surface area contributed by atoms with E-state index in [1.165, 1.54) is 5.56 Å². The van der Waals surface area contributed by atoms with Gasteiger partial charge in [-0.15, -0.1) is 12.4 Å². The molecule has 27 heavy (non-hydrogen) atoms. The Morgan fingerprint density at radius 1 is 1.22 bits per heavy atom. The highest BCUT2D eigenvalue weighted by molar-refractivity contribution is 7.07. The van der Waals surface area contributed by atoms with E-state index in [2.05, 4.69) is 27.0 Å². The van der Waals surface area contributed by atoms with E-state index in [0.717, 1.165) is 32.4 Å². The van der Waals surface area contributed by atoms with Gasteiger partial charge in [0.25, 0.3) is 5.91 Å². The molecule has 2 aromatic rings. The highest BCUT2D eigenvalue weighted by atomic mass is 35.5. The second-order valence-electron chi connectivity index (χ2n) is 7.46. The van der Waals surface area contributed by atoms with Crippen LogP contribution in [0.15, 0.2) is 35.0 Å². The maximum absolute atomic E-state index is 13.4. The molecule has 2 aliphatic heterocycles. The Balaban J connectivity index is 0.00000180. The van der Waals surface area contributed by atoms with E-state index in [1.54, 1.807) is 11.3 Å². The molecule has 1 spiro atoms. The van der Waals surface area contributed by atoms with Crippen LogP contribution >= 0.6 is 23.7 Å². The Morgan fingerprint density at radius 2 is 2.04 bits per heavy atom. The molecule has 1 aromatic carbocycles. The third-order valence-electron chi connectivity index (χ3n) is 5.94. The second-order valence-corrected chi connectivity index (χ2v) is 8.25. The Morgan fingerprint density at radius 3 is 2.81 bits per heavy atom. The van der Waals surface area contributed by atoms with Crippen molar-refractivity contribution in [3.63, 3.8) is 0 Å². The fourth-order valence-corrected chi connectivity index (χ4v) is 4.99. The molecule has 1 saturated carbocycles. The monoisotopic (exact) mass is 406 g/mol. The van der Waals surface area contributed by atoms with E-state index in [-0.39, 0.29) is 25.1 Å². The molecule has 0 bridgehead atoms. The zero-order chi connectivity index (χ0) is 17.6. The number of thiophene rings is 1. The van der Waals surface area contributed by atoms with Crippen molar-refractivity contribution in [2.45, 2.75) is 31.8 Å². The molecule has 0 radical (unpaired) electrons.